The number of carbonyl (C=O) groups is 2. The largest absolute Gasteiger partial charge is 0.506 e. The fourth-order valence-corrected chi connectivity index (χ4v) is 5.45. The molecule has 2 fully saturated rings. The highest BCUT2D eigenvalue weighted by Gasteiger charge is 2.38. The van der Waals surface area contributed by atoms with Gasteiger partial charge in [0.2, 0.25) is 11.8 Å². The van der Waals surface area contributed by atoms with Crippen molar-refractivity contribution in [2.24, 2.45) is 0 Å². The Kier molecular flexibility index (Phi) is 6.94. The Labute approximate surface area is 212 Å². The van der Waals surface area contributed by atoms with Crippen LogP contribution in [0.15, 0.2) is 78.9 Å². The first-order valence-electron chi connectivity index (χ1n) is 12.8. The third-order valence-electron chi connectivity index (χ3n) is 7.51. The normalized spacial score (nSPS) is 19.8. The number of nitrogens with one attached hydrogen (secondary N) is 1. The number of hydrogen-bond acceptors (Lipinski definition) is 4. The molecule has 0 bridgehead atoms. The smallest absolute Gasteiger partial charge is 0.222 e. The zero-order chi connectivity index (χ0) is 25.0. The van der Waals surface area contributed by atoms with Crippen molar-refractivity contribution in [3.8, 4) is 16.9 Å². The van der Waals surface area contributed by atoms with E-state index in [1.807, 2.05) is 41.3 Å². The van der Waals surface area contributed by atoms with E-state index >= 15 is 0 Å². The van der Waals surface area contributed by atoms with E-state index in [2.05, 4.69) is 46.6 Å². The first-order chi connectivity index (χ1) is 17.5. The van der Waals surface area contributed by atoms with Gasteiger partial charge >= 0.3 is 0 Å². The molecule has 0 aliphatic carbocycles. The van der Waals surface area contributed by atoms with Crippen molar-refractivity contribution in [1.82, 2.24) is 10.2 Å². The number of benzene rings is 3. The second-order valence-corrected chi connectivity index (χ2v) is 9.92. The summed E-state index contributed by atoms with van der Waals surface area (Å²) >= 11 is 0. The van der Waals surface area contributed by atoms with E-state index < -0.39 is 0 Å². The lowest BCUT2D eigenvalue weighted by Crippen LogP contribution is -2.50. The molecular formula is C30H33N3O3. The van der Waals surface area contributed by atoms with Crippen molar-refractivity contribution in [1.29, 1.82) is 0 Å². The van der Waals surface area contributed by atoms with E-state index in [0.717, 1.165) is 18.5 Å². The summed E-state index contributed by atoms with van der Waals surface area (Å²) in [5.41, 5.74) is 3.96. The van der Waals surface area contributed by atoms with Crippen molar-refractivity contribution in [3.05, 3.63) is 84.4 Å². The second-order valence-electron chi connectivity index (χ2n) is 9.92. The van der Waals surface area contributed by atoms with Crippen LogP contribution in [-0.2, 0) is 16.0 Å². The van der Waals surface area contributed by atoms with Gasteiger partial charge in [-0.2, -0.15) is 0 Å². The Hall–Kier alpha value is -3.80. The van der Waals surface area contributed by atoms with Gasteiger partial charge < -0.3 is 20.2 Å². The Bertz CT molecular complexity index is 1200. The van der Waals surface area contributed by atoms with Crippen LogP contribution in [0.1, 0.15) is 31.2 Å². The van der Waals surface area contributed by atoms with E-state index in [1.165, 1.54) is 16.7 Å². The Morgan fingerprint density at radius 3 is 2.19 bits per heavy atom. The predicted octanol–water partition coefficient (Wildman–Crippen LogP) is 4.38. The lowest BCUT2D eigenvalue weighted by atomic mass is 9.84. The Morgan fingerprint density at radius 1 is 0.861 bits per heavy atom. The monoisotopic (exact) mass is 483 g/mol. The van der Waals surface area contributed by atoms with Crippen LogP contribution >= 0.6 is 0 Å². The molecule has 2 amide bonds. The van der Waals surface area contributed by atoms with Gasteiger partial charge in [0.25, 0.3) is 0 Å². The second kappa shape index (κ2) is 10.4. The number of amides is 2. The summed E-state index contributed by atoms with van der Waals surface area (Å²) < 4.78 is 0. The fourth-order valence-electron chi connectivity index (χ4n) is 5.45. The SMILES string of the molecule is O=C1CCC(CCC(=O)N2CCN(c3ccccc3O)CC2)(Cc2ccc(-c3ccccc3)cc2)N1. The van der Waals surface area contributed by atoms with Gasteiger partial charge in [-0.3, -0.25) is 9.59 Å². The number of para-hydroxylation sites is 2. The molecule has 36 heavy (non-hydrogen) atoms. The molecule has 2 aliphatic heterocycles. The van der Waals surface area contributed by atoms with Gasteiger partial charge in [0.15, 0.2) is 0 Å². The summed E-state index contributed by atoms with van der Waals surface area (Å²) in [6.07, 6.45) is 3.04. The van der Waals surface area contributed by atoms with Crippen LogP contribution in [-0.4, -0.2) is 53.5 Å². The first kappa shape index (κ1) is 23.9. The fraction of sp³-hybridized carbons (Fsp3) is 0.333. The number of anilines is 1. The van der Waals surface area contributed by atoms with E-state index in [-0.39, 0.29) is 23.1 Å². The van der Waals surface area contributed by atoms with Crippen molar-refractivity contribution >= 4 is 17.5 Å². The number of phenolic OH excluding ortho intramolecular Hbond substituents is 1. The summed E-state index contributed by atoms with van der Waals surface area (Å²) in [6, 6.07) is 26.1. The predicted molar refractivity (Wildman–Crippen MR) is 142 cm³/mol. The van der Waals surface area contributed by atoms with Gasteiger partial charge in [-0.15, -0.1) is 0 Å². The van der Waals surface area contributed by atoms with Crippen LogP contribution in [0.4, 0.5) is 5.69 Å². The van der Waals surface area contributed by atoms with Crippen LogP contribution in [0.5, 0.6) is 5.75 Å². The molecule has 2 aliphatic rings. The molecule has 0 spiro atoms. The summed E-state index contributed by atoms with van der Waals surface area (Å²) in [5.74, 6) is 0.472. The average Bonchev–Trinajstić information content (AvgIpc) is 3.29. The van der Waals surface area contributed by atoms with Gasteiger partial charge in [-0.25, -0.2) is 0 Å². The third kappa shape index (κ3) is 5.38. The van der Waals surface area contributed by atoms with Gasteiger partial charge in [0.05, 0.1) is 5.69 Å². The molecule has 3 aromatic rings. The molecule has 186 valence electrons. The molecule has 1 atom stereocenters. The summed E-state index contributed by atoms with van der Waals surface area (Å²) in [4.78, 5) is 29.3. The third-order valence-corrected chi connectivity index (χ3v) is 7.51. The molecule has 0 saturated carbocycles. The van der Waals surface area contributed by atoms with Crippen LogP contribution in [0.25, 0.3) is 11.1 Å². The number of nitrogens with zero attached hydrogens (tertiary/aromatic N) is 2. The highest BCUT2D eigenvalue weighted by atomic mass is 16.3. The molecule has 0 radical (unpaired) electrons. The number of phenols is 1. The highest BCUT2D eigenvalue weighted by molar-refractivity contribution is 5.80. The minimum Gasteiger partial charge on any atom is -0.506 e. The minimum atomic E-state index is -0.376. The molecule has 3 aromatic carbocycles. The molecule has 5 rings (SSSR count). The van der Waals surface area contributed by atoms with Gasteiger partial charge in [-0.05, 0) is 48.1 Å². The lowest BCUT2D eigenvalue weighted by molar-refractivity contribution is -0.132. The van der Waals surface area contributed by atoms with Crippen molar-refractivity contribution < 1.29 is 14.7 Å². The zero-order valence-electron chi connectivity index (χ0n) is 20.5. The number of hydrogen-bond donors (Lipinski definition) is 2. The Balaban J connectivity index is 1.19. The van der Waals surface area contributed by atoms with E-state index in [0.29, 0.717) is 45.4 Å². The van der Waals surface area contributed by atoms with Gasteiger partial charge in [0.1, 0.15) is 5.75 Å². The highest BCUT2D eigenvalue weighted by Crippen LogP contribution is 2.31. The van der Waals surface area contributed by atoms with Crippen molar-refractivity contribution in [2.75, 3.05) is 31.1 Å². The number of carbonyl (C=O) groups excluding carboxylic acids is 2. The number of aromatic hydroxyl groups is 1. The van der Waals surface area contributed by atoms with Crippen molar-refractivity contribution in [3.63, 3.8) is 0 Å². The first-order valence-corrected chi connectivity index (χ1v) is 12.8. The maximum atomic E-state index is 13.1. The molecule has 2 heterocycles. The number of rotatable bonds is 7. The average molecular weight is 484 g/mol. The molecule has 1 unspecified atom stereocenters. The quantitative estimate of drug-likeness (QED) is 0.523. The molecule has 2 N–H and O–H groups in total. The van der Waals surface area contributed by atoms with Gasteiger partial charge in [-0.1, -0.05) is 66.7 Å². The summed E-state index contributed by atoms with van der Waals surface area (Å²) in [5, 5.41) is 13.3. The standard InChI is InChI=1S/C30H33N3O3/c34-27-9-5-4-8-26(27)32-18-20-33(21-19-32)29(36)15-17-30(16-14-28(35)31-30)22-23-10-12-25(13-11-23)24-6-2-1-3-7-24/h1-13,34H,14-22H2,(H,31,35). The lowest BCUT2D eigenvalue weighted by Gasteiger charge is -2.37. The van der Waals surface area contributed by atoms with Gasteiger partial charge in [0, 0.05) is 44.6 Å². The molecule has 6 heteroatoms. The molecule has 6 nitrogen and oxygen atoms in total. The minimum absolute atomic E-state index is 0.0691. The van der Waals surface area contributed by atoms with Crippen LogP contribution in [0.2, 0.25) is 0 Å². The van der Waals surface area contributed by atoms with E-state index in [9.17, 15) is 14.7 Å². The van der Waals surface area contributed by atoms with Crippen LogP contribution in [0.3, 0.4) is 0 Å². The molecule has 2 saturated heterocycles. The molecule has 0 aromatic heterocycles. The maximum absolute atomic E-state index is 13.1. The maximum Gasteiger partial charge on any atom is 0.222 e. The molecular weight excluding hydrogens is 450 g/mol. The topological polar surface area (TPSA) is 72.9 Å². The number of piperazine rings is 1. The van der Waals surface area contributed by atoms with Crippen LogP contribution in [0, 0.1) is 0 Å². The summed E-state index contributed by atoms with van der Waals surface area (Å²) in [6.45, 7) is 2.65. The van der Waals surface area contributed by atoms with E-state index in [1.54, 1.807) is 6.07 Å². The Morgan fingerprint density at radius 2 is 1.53 bits per heavy atom. The zero-order valence-corrected chi connectivity index (χ0v) is 20.5. The summed E-state index contributed by atoms with van der Waals surface area (Å²) in [7, 11) is 0. The van der Waals surface area contributed by atoms with Crippen LogP contribution < -0.4 is 10.2 Å². The van der Waals surface area contributed by atoms with Crippen molar-refractivity contribution in [2.45, 2.75) is 37.6 Å². The van der Waals surface area contributed by atoms with E-state index in [4.69, 9.17) is 0 Å².